The number of aromatic nitrogens is 2. The van der Waals surface area contributed by atoms with Gasteiger partial charge in [-0.3, -0.25) is 29.8 Å². The van der Waals surface area contributed by atoms with Gasteiger partial charge in [-0.25, -0.2) is 9.59 Å². The lowest BCUT2D eigenvalue weighted by molar-refractivity contribution is -0.147. The monoisotopic (exact) mass is 810 g/mol. The number of carboxylic acid groups (broad SMARTS) is 2. The molecular weight excluding hydrogens is 769 g/mol. The van der Waals surface area contributed by atoms with E-state index >= 15 is 0 Å². The van der Waals surface area contributed by atoms with Crippen molar-refractivity contribution in [3.8, 4) is 11.4 Å². The molecule has 16 nitrogen and oxygen atoms in total. The van der Waals surface area contributed by atoms with Crippen molar-refractivity contribution >= 4 is 57.6 Å². The number of carbonyl (C=O) groups excluding carboxylic acids is 4. The van der Waals surface area contributed by atoms with Gasteiger partial charge in [-0.15, -0.1) is 0 Å². The van der Waals surface area contributed by atoms with Crippen molar-refractivity contribution in [1.29, 1.82) is 0 Å². The normalized spacial score (nSPS) is 18.5. The van der Waals surface area contributed by atoms with Crippen molar-refractivity contribution in [2.45, 2.75) is 48.8 Å². The number of likely N-dealkylation sites (tertiary alicyclic amines) is 2. The molecule has 4 heterocycles. The summed E-state index contributed by atoms with van der Waals surface area (Å²) in [7, 11) is 0. The molecule has 4 aromatic carbocycles. The molecule has 306 valence electrons. The SMILES string of the molecule is NC(=O)C(NC(=O)O)(C(=O)N1CCCC1c1ccc2[nH]c(-c3cc4cc([C@@H]5CCCN5C(=O)[C@](NC(=O)O)(C(N)=O)c5ccccc5)ccc4[nH]3)cc2c1)c1ccccc1. The van der Waals surface area contributed by atoms with Crippen LogP contribution in [0.25, 0.3) is 33.2 Å². The Labute approximate surface area is 342 Å². The van der Waals surface area contributed by atoms with Crippen LogP contribution in [-0.2, 0) is 30.3 Å². The van der Waals surface area contributed by atoms with Crippen molar-refractivity contribution in [3.05, 3.63) is 131 Å². The third kappa shape index (κ3) is 6.60. The fraction of sp³-hybridized carbons (Fsp3) is 0.227. The van der Waals surface area contributed by atoms with Crippen molar-refractivity contribution in [3.63, 3.8) is 0 Å². The number of nitrogens with two attached hydrogens (primary N) is 2. The highest BCUT2D eigenvalue weighted by atomic mass is 16.4. The lowest BCUT2D eigenvalue weighted by Crippen LogP contribution is -2.63. The van der Waals surface area contributed by atoms with Gasteiger partial charge in [0.05, 0.1) is 23.5 Å². The summed E-state index contributed by atoms with van der Waals surface area (Å²) in [6, 6.07) is 30.4. The van der Waals surface area contributed by atoms with E-state index in [0.717, 1.165) is 44.3 Å². The van der Waals surface area contributed by atoms with E-state index < -0.39 is 59.0 Å². The van der Waals surface area contributed by atoms with Gasteiger partial charge in [0.25, 0.3) is 23.6 Å². The minimum atomic E-state index is -2.32. The quantitative estimate of drug-likeness (QED) is 0.0830. The van der Waals surface area contributed by atoms with E-state index in [2.05, 4.69) is 20.6 Å². The third-order valence-electron chi connectivity index (χ3n) is 11.8. The first kappa shape index (κ1) is 39.2. The standard InChI is InChI=1S/C44H42N8O8/c45-37(53)43(49-41(57)58,29-9-3-1-4-10-29)39(55)51-19-7-13-35(51)25-15-17-31-27(21-25)23-33(47-31)34-24-28-22-26(16-18-32(28)48-34)36-14-8-20-52(36)40(56)44(38(46)54,50-42(59)60)30-11-5-2-6-12-30/h1-6,9-12,15-18,21-24,35-36,47-50H,7-8,13-14,19-20H2,(H2,45,53)(H2,46,54)(H,57,58)(H,59,60)/t35-,36?,43+,44?/m0/s1. The van der Waals surface area contributed by atoms with E-state index in [4.69, 9.17) is 11.5 Å². The average molecular weight is 811 g/mol. The Morgan fingerprint density at radius 3 is 1.30 bits per heavy atom. The second kappa shape index (κ2) is 15.3. The summed E-state index contributed by atoms with van der Waals surface area (Å²) >= 11 is 0. The van der Waals surface area contributed by atoms with Crippen LogP contribution in [0.1, 0.15) is 60.0 Å². The van der Waals surface area contributed by atoms with E-state index in [0.29, 0.717) is 38.8 Å². The fourth-order valence-electron chi connectivity index (χ4n) is 8.96. The summed E-state index contributed by atoms with van der Waals surface area (Å²) in [4.78, 5) is 88.6. The Hall–Kier alpha value is -7.62. The maximum atomic E-state index is 14.3. The number of nitrogens with zero attached hydrogens (tertiary/aromatic N) is 2. The topological polar surface area (TPSA) is 257 Å². The van der Waals surface area contributed by atoms with Crippen LogP contribution in [0.15, 0.2) is 109 Å². The number of carbonyl (C=O) groups is 6. The first-order valence-corrected chi connectivity index (χ1v) is 19.4. The molecule has 2 aliphatic heterocycles. The van der Waals surface area contributed by atoms with E-state index in [1.165, 1.54) is 34.1 Å². The summed E-state index contributed by atoms with van der Waals surface area (Å²) < 4.78 is 0. The molecule has 2 unspecified atom stereocenters. The van der Waals surface area contributed by atoms with Crippen molar-refractivity contribution in [1.82, 2.24) is 30.4 Å². The summed E-state index contributed by atoms with van der Waals surface area (Å²) in [5.74, 6) is -3.75. The van der Waals surface area contributed by atoms with Crippen LogP contribution in [0, 0.1) is 0 Å². The Balaban J connectivity index is 1.07. The molecule has 10 N–H and O–H groups in total. The van der Waals surface area contributed by atoms with Gasteiger partial charge in [0.1, 0.15) is 0 Å². The number of benzene rings is 4. The Bertz CT molecular complexity index is 2500. The number of hydrogen-bond acceptors (Lipinski definition) is 6. The van der Waals surface area contributed by atoms with Crippen LogP contribution in [0.4, 0.5) is 9.59 Å². The van der Waals surface area contributed by atoms with E-state index in [1.807, 2.05) is 48.5 Å². The van der Waals surface area contributed by atoms with Crippen LogP contribution in [0.3, 0.4) is 0 Å². The van der Waals surface area contributed by atoms with Crippen LogP contribution >= 0.6 is 0 Å². The third-order valence-corrected chi connectivity index (χ3v) is 11.8. The number of primary amides is 2. The summed E-state index contributed by atoms with van der Waals surface area (Å²) in [6.07, 6.45) is -0.686. The molecule has 2 aliphatic rings. The largest absolute Gasteiger partial charge is 0.465 e. The zero-order valence-corrected chi connectivity index (χ0v) is 32.2. The minimum absolute atomic E-state index is 0.127. The predicted molar refractivity (Wildman–Crippen MR) is 220 cm³/mol. The molecule has 0 saturated carbocycles. The van der Waals surface area contributed by atoms with E-state index in [9.17, 15) is 39.0 Å². The number of hydrogen-bond donors (Lipinski definition) is 8. The molecule has 2 aromatic heterocycles. The predicted octanol–water partition coefficient (Wildman–Crippen LogP) is 4.94. The maximum absolute atomic E-state index is 14.3. The second-order valence-electron chi connectivity index (χ2n) is 15.2. The number of amides is 6. The molecular formula is C44H42N8O8. The summed E-state index contributed by atoms with van der Waals surface area (Å²) in [5, 5.41) is 25.5. The van der Waals surface area contributed by atoms with E-state index in [-0.39, 0.29) is 11.1 Å². The maximum Gasteiger partial charge on any atom is 0.406 e. The number of H-pyrrole nitrogens is 2. The molecule has 0 aliphatic carbocycles. The molecule has 2 fully saturated rings. The van der Waals surface area contributed by atoms with Gasteiger partial charge >= 0.3 is 12.2 Å². The van der Waals surface area contributed by atoms with Crippen LogP contribution < -0.4 is 22.1 Å². The average Bonchev–Trinajstić information content (AvgIpc) is 4.07. The van der Waals surface area contributed by atoms with Gasteiger partial charge in [-0.2, -0.15) is 0 Å². The molecule has 6 amide bonds. The van der Waals surface area contributed by atoms with Gasteiger partial charge < -0.3 is 41.4 Å². The lowest BCUT2D eigenvalue weighted by atomic mass is 9.86. The van der Waals surface area contributed by atoms with Crippen molar-refractivity contribution < 1.29 is 39.0 Å². The van der Waals surface area contributed by atoms with Crippen molar-refractivity contribution in [2.24, 2.45) is 11.5 Å². The first-order chi connectivity index (χ1) is 28.8. The molecule has 8 rings (SSSR count). The molecule has 6 aromatic rings. The number of rotatable bonds is 11. The van der Waals surface area contributed by atoms with Crippen LogP contribution in [-0.4, -0.2) is 78.9 Å². The van der Waals surface area contributed by atoms with Crippen LogP contribution in [0.2, 0.25) is 0 Å². The second-order valence-corrected chi connectivity index (χ2v) is 15.2. The summed E-state index contributed by atoms with van der Waals surface area (Å²) in [5.41, 5.74) is 12.1. The number of aromatic amines is 2. The molecule has 60 heavy (non-hydrogen) atoms. The first-order valence-electron chi connectivity index (χ1n) is 19.4. The van der Waals surface area contributed by atoms with Gasteiger partial charge in [0, 0.05) is 34.9 Å². The van der Waals surface area contributed by atoms with E-state index in [1.54, 1.807) is 36.4 Å². The van der Waals surface area contributed by atoms with Gasteiger partial charge in [0.15, 0.2) is 0 Å². The van der Waals surface area contributed by atoms with Gasteiger partial charge in [-0.1, -0.05) is 72.8 Å². The highest BCUT2D eigenvalue weighted by Crippen LogP contribution is 2.40. The molecule has 0 bridgehead atoms. The molecule has 0 spiro atoms. The van der Waals surface area contributed by atoms with Crippen molar-refractivity contribution in [2.75, 3.05) is 13.1 Å². The molecule has 0 radical (unpaired) electrons. The van der Waals surface area contributed by atoms with Crippen LogP contribution in [0.5, 0.6) is 0 Å². The highest BCUT2D eigenvalue weighted by Gasteiger charge is 2.53. The molecule has 16 heteroatoms. The summed E-state index contributed by atoms with van der Waals surface area (Å²) in [6.45, 7) is 0.594. The molecule has 4 atom stereocenters. The zero-order chi connectivity index (χ0) is 42.3. The lowest BCUT2D eigenvalue weighted by Gasteiger charge is -2.36. The van der Waals surface area contributed by atoms with Gasteiger partial charge in [0.2, 0.25) is 11.1 Å². The molecule has 2 saturated heterocycles. The zero-order valence-electron chi connectivity index (χ0n) is 32.2. The minimum Gasteiger partial charge on any atom is -0.465 e. The smallest absolute Gasteiger partial charge is 0.406 e. The highest BCUT2D eigenvalue weighted by molar-refractivity contribution is 6.12. The van der Waals surface area contributed by atoms with Gasteiger partial charge in [-0.05, 0) is 84.3 Å². The Morgan fingerprint density at radius 2 is 0.950 bits per heavy atom. The Morgan fingerprint density at radius 1 is 0.567 bits per heavy atom. The number of nitrogens with one attached hydrogen (secondary N) is 4. The number of fused-ring (bicyclic) bond motifs is 2. The Kier molecular flexibility index (Phi) is 9.99. The fourth-order valence-corrected chi connectivity index (χ4v) is 8.96.